The molecule has 0 saturated carbocycles. The van der Waals surface area contributed by atoms with Crippen molar-refractivity contribution < 1.29 is 76.1 Å². The lowest BCUT2D eigenvalue weighted by atomic mass is 10.1. The van der Waals surface area contributed by atoms with Crippen LogP contribution in [0.25, 0.3) is 0 Å². The van der Waals surface area contributed by atoms with Crippen molar-refractivity contribution in [2.45, 2.75) is 50.1 Å². The van der Waals surface area contributed by atoms with Crippen molar-refractivity contribution in [2.24, 2.45) is 0 Å². The van der Waals surface area contributed by atoms with Crippen molar-refractivity contribution in [3.8, 4) is 23.0 Å². The number of hydrogen-bond donors (Lipinski definition) is 0. The molecule has 0 aliphatic carbocycles. The predicted molar refractivity (Wildman–Crippen MR) is 225 cm³/mol. The minimum Gasteiger partial charge on any atom is -0.494 e. The van der Waals surface area contributed by atoms with Crippen molar-refractivity contribution in [3.63, 3.8) is 0 Å². The molecule has 334 valence electrons. The SMILES string of the molecule is C=CC(=O)OCCCCOc1ccc(C(=O)Oc2ccc(C(=O)OC3COC4C(OC(=O)c5ccc(OC(=O)c6ccc(OCCCCOC(=O)C=C)cc6)cc5)COC34)cc2)cc1. The lowest BCUT2D eigenvalue weighted by molar-refractivity contribution is -0.138. The fourth-order valence-corrected chi connectivity index (χ4v) is 6.32. The molecule has 4 aromatic carbocycles. The highest BCUT2D eigenvalue weighted by molar-refractivity contribution is 5.93. The summed E-state index contributed by atoms with van der Waals surface area (Å²) in [5.41, 5.74) is 0.999. The highest BCUT2D eigenvalue weighted by atomic mass is 16.7. The van der Waals surface area contributed by atoms with Crippen molar-refractivity contribution in [1.29, 1.82) is 0 Å². The molecule has 0 amide bonds. The molecule has 0 bridgehead atoms. The van der Waals surface area contributed by atoms with E-state index in [0.717, 1.165) is 12.2 Å². The van der Waals surface area contributed by atoms with Gasteiger partial charge in [-0.25, -0.2) is 28.8 Å². The maximum Gasteiger partial charge on any atom is 0.343 e. The Morgan fingerprint density at radius 3 is 1.11 bits per heavy atom. The Labute approximate surface area is 368 Å². The van der Waals surface area contributed by atoms with Crippen LogP contribution in [-0.2, 0) is 38.0 Å². The molecule has 0 N–H and O–H groups in total. The summed E-state index contributed by atoms with van der Waals surface area (Å²) in [6.45, 7) is 8.10. The van der Waals surface area contributed by atoms with E-state index in [2.05, 4.69) is 13.2 Å². The average molecular weight is 879 g/mol. The summed E-state index contributed by atoms with van der Waals surface area (Å²) in [6.07, 6.45) is 1.95. The molecule has 2 saturated heterocycles. The third-order valence-electron chi connectivity index (χ3n) is 9.70. The fourth-order valence-electron chi connectivity index (χ4n) is 6.32. The van der Waals surface area contributed by atoms with Gasteiger partial charge in [-0.15, -0.1) is 0 Å². The van der Waals surface area contributed by atoms with Crippen molar-refractivity contribution in [2.75, 3.05) is 39.6 Å². The van der Waals surface area contributed by atoms with Crippen LogP contribution in [0.15, 0.2) is 122 Å². The molecular weight excluding hydrogens is 833 g/mol. The van der Waals surface area contributed by atoms with Crippen LogP contribution in [0.1, 0.15) is 67.1 Å². The minimum atomic E-state index is -0.766. The monoisotopic (exact) mass is 878 g/mol. The topological polar surface area (TPSA) is 195 Å². The van der Waals surface area contributed by atoms with Crippen LogP contribution in [0.5, 0.6) is 23.0 Å². The third kappa shape index (κ3) is 13.3. The summed E-state index contributed by atoms with van der Waals surface area (Å²) >= 11 is 0. The molecule has 2 heterocycles. The summed E-state index contributed by atoms with van der Waals surface area (Å²) in [7, 11) is 0. The van der Waals surface area contributed by atoms with Gasteiger partial charge in [-0.1, -0.05) is 13.2 Å². The number of carbonyl (C=O) groups is 6. The lowest BCUT2D eigenvalue weighted by Gasteiger charge is -2.17. The Hall–Kier alpha value is -7.30. The van der Waals surface area contributed by atoms with Gasteiger partial charge in [0.15, 0.2) is 12.2 Å². The molecule has 16 heteroatoms. The van der Waals surface area contributed by atoms with Gasteiger partial charge in [0.2, 0.25) is 0 Å². The molecule has 4 aromatic rings. The molecule has 64 heavy (non-hydrogen) atoms. The van der Waals surface area contributed by atoms with Crippen LogP contribution >= 0.6 is 0 Å². The van der Waals surface area contributed by atoms with Crippen LogP contribution in [-0.4, -0.2) is 99.9 Å². The standard InChI is InChI=1S/C48H46O16/c1-3-41(49)57-27-7-5-25-55-35-17-9-31(10-18-35)45(51)61-37-21-13-33(14-22-37)47(53)63-39-29-59-44-40(30-60-43(39)44)64-48(54)34-15-23-38(24-16-34)62-46(52)32-11-19-36(20-12-32)56-26-6-8-28-58-42(50)4-2/h3-4,9-24,39-40,43-44H,1-2,5-8,25-30H2. The first-order valence-corrected chi connectivity index (χ1v) is 20.4. The predicted octanol–water partition coefficient (Wildman–Crippen LogP) is 6.45. The smallest absolute Gasteiger partial charge is 0.343 e. The Kier molecular flexibility index (Phi) is 16.8. The van der Waals surface area contributed by atoms with Gasteiger partial charge in [0.05, 0.1) is 61.9 Å². The van der Waals surface area contributed by atoms with E-state index in [9.17, 15) is 28.8 Å². The van der Waals surface area contributed by atoms with Crippen LogP contribution in [0.2, 0.25) is 0 Å². The summed E-state index contributed by atoms with van der Waals surface area (Å²) in [5.74, 6) is -1.88. The van der Waals surface area contributed by atoms with Crippen LogP contribution in [0.4, 0.5) is 0 Å². The Bertz CT molecular complexity index is 2090. The zero-order chi connectivity index (χ0) is 45.3. The van der Waals surface area contributed by atoms with Gasteiger partial charge in [-0.3, -0.25) is 0 Å². The number of fused-ring (bicyclic) bond motifs is 1. The van der Waals surface area contributed by atoms with Gasteiger partial charge in [0.1, 0.15) is 35.2 Å². The van der Waals surface area contributed by atoms with E-state index in [1.807, 2.05) is 0 Å². The quantitative estimate of drug-likeness (QED) is 0.0274. The summed E-state index contributed by atoms with van der Waals surface area (Å²) in [6, 6.07) is 24.6. The molecule has 4 atom stereocenters. The van der Waals surface area contributed by atoms with Crippen LogP contribution < -0.4 is 18.9 Å². The molecule has 0 aromatic heterocycles. The summed E-state index contributed by atoms with van der Waals surface area (Å²) < 4.78 is 55.2. The number of hydrogen-bond acceptors (Lipinski definition) is 16. The number of esters is 6. The molecular formula is C48H46O16. The molecule has 2 aliphatic rings. The van der Waals surface area contributed by atoms with E-state index in [-0.39, 0.29) is 49.1 Å². The van der Waals surface area contributed by atoms with E-state index in [0.29, 0.717) is 61.5 Å². The molecule has 0 radical (unpaired) electrons. The first kappa shape index (κ1) is 46.2. The van der Waals surface area contributed by atoms with Gasteiger partial charge in [0, 0.05) is 12.2 Å². The molecule has 2 aliphatic heterocycles. The lowest BCUT2D eigenvalue weighted by Crippen LogP contribution is -2.36. The van der Waals surface area contributed by atoms with Gasteiger partial charge in [-0.2, -0.15) is 0 Å². The summed E-state index contributed by atoms with van der Waals surface area (Å²) in [5, 5.41) is 0. The zero-order valence-corrected chi connectivity index (χ0v) is 34.7. The van der Waals surface area contributed by atoms with E-state index in [1.165, 1.54) is 48.5 Å². The molecule has 2 fully saturated rings. The maximum absolute atomic E-state index is 13.0. The number of ether oxygens (including phenoxy) is 10. The second kappa shape index (κ2) is 23.2. The fraction of sp³-hybridized carbons (Fsp3) is 0.292. The number of unbranched alkanes of at least 4 members (excludes halogenated alkanes) is 2. The minimum absolute atomic E-state index is 0.0221. The van der Waals surface area contributed by atoms with Crippen molar-refractivity contribution >= 4 is 35.8 Å². The number of benzene rings is 4. The second-order valence-corrected chi connectivity index (χ2v) is 14.2. The van der Waals surface area contributed by atoms with Gasteiger partial charge in [-0.05, 0) is 123 Å². The maximum atomic E-state index is 13.0. The van der Waals surface area contributed by atoms with E-state index in [4.69, 9.17) is 47.4 Å². The summed E-state index contributed by atoms with van der Waals surface area (Å²) in [4.78, 5) is 73.7. The Morgan fingerprint density at radius 2 is 0.766 bits per heavy atom. The largest absolute Gasteiger partial charge is 0.494 e. The van der Waals surface area contributed by atoms with Gasteiger partial charge < -0.3 is 47.4 Å². The third-order valence-corrected chi connectivity index (χ3v) is 9.70. The van der Waals surface area contributed by atoms with Gasteiger partial charge >= 0.3 is 35.8 Å². The first-order valence-electron chi connectivity index (χ1n) is 20.4. The molecule has 16 nitrogen and oxygen atoms in total. The highest BCUT2D eigenvalue weighted by Gasteiger charge is 2.51. The second-order valence-electron chi connectivity index (χ2n) is 14.2. The van der Waals surface area contributed by atoms with Gasteiger partial charge in [0.25, 0.3) is 0 Å². The van der Waals surface area contributed by atoms with E-state index in [1.54, 1.807) is 48.5 Å². The van der Waals surface area contributed by atoms with E-state index < -0.39 is 60.2 Å². The molecule has 0 spiro atoms. The zero-order valence-electron chi connectivity index (χ0n) is 34.7. The van der Waals surface area contributed by atoms with Crippen LogP contribution in [0, 0.1) is 0 Å². The number of carbonyl (C=O) groups excluding carboxylic acids is 6. The van der Waals surface area contributed by atoms with Crippen LogP contribution in [0.3, 0.4) is 0 Å². The Morgan fingerprint density at radius 1 is 0.453 bits per heavy atom. The molecule has 4 unspecified atom stereocenters. The first-order chi connectivity index (χ1) is 31.1. The highest BCUT2D eigenvalue weighted by Crippen LogP contribution is 2.32. The number of rotatable bonds is 22. The normalized spacial score (nSPS) is 17.2. The van der Waals surface area contributed by atoms with E-state index >= 15 is 0 Å². The Balaban J connectivity index is 0.888. The average Bonchev–Trinajstić information content (AvgIpc) is 3.91. The van der Waals surface area contributed by atoms with Crippen molar-refractivity contribution in [1.82, 2.24) is 0 Å². The van der Waals surface area contributed by atoms with Crippen molar-refractivity contribution in [3.05, 3.63) is 145 Å². The molecule has 6 rings (SSSR count).